The zero-order chi connectivity index (χ0) is 19.7. The molecule has 1 N–H and O–H groups in total. The van der Waals surface area contributed by atoms with Crippen molar-refractivity contribution in [3.63, 3.8) is 0 Å². The summed E-state index contributed by atoms with van der Waals surface area (Å²) < 4.78 is 13.7. The van der Waals surface area contributed by atoms with Crippen molar-refractivity contribution in [3.05, 3.63) is 64.1 Å². The van der Waals surface area contributed by atoms with Gasteiger partial charge < -0.3 is 10.2 Å². The molecule has 0 unspecified atom stereocenters. The Hall–Kier alpha value is -3.31. The van der Waals surface area contributed by atoms with E-state index in [0.29, 0.717) is 48.1 Å². The van der Waals surface area contributed by atoms with E-state index >= 15 is 0 Å². The fourth-order valence-electron chi connectivity index (χ4n) is 3.04. The monoisotopic (exact) mass is 395 g/mol. The quantitative estimate of drug-likeness (QED) is 0.678. The topological polar surface area (TPSA) is 90.6 Å². The minimum atomic E-state index is -0.511. The van der Waals surface area contributed by atoms with Gasteiger partial charge in [0.15, 0.2) is 0 Å². The number of aromatic nitrogens is 4. The maximum absolute atomic E-state index is 13.7. The highest BCUT2D eigenvalue weighted by molar-refractivity contribution is 6.30. The van der Waals surface area contributed by atoms with E-state index in [9.17, 15) is 4.39 Å². The molecule has 0 fully saturated rings. The number of halogens is 2. The summed E-state index contributed by atoms with van der Waals surface area (Å²) in [7, 11) is 0. The molecule has 9 heteroatoms. The first kappa shape index (κ1) is 18.1. The Morgan fingerprint density at radius 3 is 2.82 bits per heavy atom. The Morgan fingerprint density at radius 2 is 2.07 bits per heavy atom. The van der Waals surface area contributed by atoms with E-state index < -0.39 is 5.95 Å². The predicted octanol–water partition coefficient (Wildman–Crippen LogP) is 3.55. The standard InChI is InChI=1S/C19H15ClFN7/c1-11-2-4-15(25-18(11)21)26-19-13-6-7-28(9-14(13)23-10-24-19)16-5-3-12(8-22)17(20)27-16/h2-5,10H,6-7,9H2,1H3,(H,23,24,25,26). The van der Waals surface area contributed by atoms with Crippen molar-refractivity contribution in [3.8, 4) is 6.07 Å². The van der Waals surface area contributed by atoms with Gasteiger partial charge in [-0.25, -0.2) is 19.9 Å². The zero-order valence-corrected chi connectivity index (χ0v) is 15.7. The van der Waals surface area contributed by atoms with Crippen molar-refractivity contribution in [1.82, 2.24) is 19.9 Å². The van der Waals surface area contributed by atoms with E-state index in [1.165, 1.54) is 6.33 Å². The van der Waals surface area contributed by atoms with E-state index in [4.69, 9.17) is 16.9 Å². The number of hydrogen-bond acceptors (Lipinski definition) is 7. The second kappa shape index (κ2) is 7.37. The van der Waals surface area contributed by atoms with Crippen LogP contribution < -0.4 is 10.2 Å². The Kier molecular flexibility index (Phi) is 4.75. The molecular formula is C19H15ClFN7. The fraction of sp³-hybridized carbons (Fsp3) is 0.211. The molecule has 0 spiro atoms. The lowest BCUT2D eigenvalue weighted by Gasteiger charge is -2.29. The van der Waals surface area contributed by atoms with Crippen LogP contribution in [0.15, 0.2) is 30.6 Å². The van der Waals surface area contributed by atoms with Crippen LogP contribution in [0.1, 0.15) is 22.4 Å². The first-order valence-electron chi connectivity index (χ1n) is 8.59. The summed E-state index contributed by atoms with van der Waals surface area (Å²) in [5, 5.41) is 12.3. The average molecular weight is 396 g/mol. The molecule has 28 heavy (non-hydrogen) atoms. The lowest BCUT2D eigenvalue weighted by Crippen LogP contribution is -2.32. The molecule has 0 atom stereocenters. The van der Waals surface area contributed by atoms with E-state index in [1.807, 2.05) is 11.0 Å². The van der Waals surface area contributed by atoms with Gasteiger partial charge in [-0.3, -0.25) is 0 Å². The molecule has 4 heterocycles. The number of anilines is 3. The highest BCUT2D eigenvalue weighted by Crippen LogP contribution is 2.28. The highest BCUT2D eigenvalue weighted by atomic mass is 35.5. The number of fused-ring (bicyclic) bond motifs is 1. The normalized spacial score (nSPS) is 13.0. The Morgan fingerprint density at radius 1 is 1.21 bits per heavy atom. The van der Waals surface area contributed by atoms with Gasteiger partial charge in [0.2, 0.25) is 5.95 Å². The number of nitrogens with zero attached hydrogens (tertiary/aromatic N) is 6. The van der Waals surface area contributed by atoms with Crippen molar-refractivity contribution in [2.45, 2.75) is 19.9 Å². The molecule has 0 aliphatic carbocycles. The van der Waals surface area contributed by atoms with Gasteiger partial charge in [0.25, 0.3) is 0 Å². The van der Waals surface area contributed by atoms with Crippen molar-refractivity contribution in [2.75, 3.05) is 16.8 Å². The molecule has 0 amide bonds. The summed E-state index contributed by atoms with van der Waals surface area (Å²) in [6, 6.07) is 8.81. The third-order valence-corrected chi connectivity index (χ3v) is 4.86. The molecule has 0 aromatic carbocycles. The predicted molar refractivity (Wildman–Crippen MR) is 103 cm³/mol. The third-order valence-electron chi connectivity index (χ3n) is 4.57. The molecule has 0 radical (unpaired) electrons. The summed E-state index contributed by atoms with van der Waals surface area (Å²) in [6.07, 6.45) is 2.14. The van der Waals surface area contributed by atoms with Gasteiger partial charge in [-0.05, 0) is 31.5 Å². The number of aryl methyl sites for hydroxylation is 1. The van der Waals surface area contributed by atoms with Crippen LogP contribution in [0.5, 0.6) is 0 Å². The van der Waals surface area contributed by atoms with Crippen LogP contribution in [-0.2, 0) is 13.0 Å². The minimum absolute atomic E-state index is 0.184. The van der Waals surface area contributed by atoms with Gasteiger partial charge in [-0.1, -0.05) is 17.7 Å². The van der Waals surface area contributed by atoms with Crippen LogP contribution in [0, 0.1) is 24.2 Å². The summed E-state index contributed by atoms with van der Waals surface area (Å²) >= 11 is 6.05. The Bertz CT molecular complexity index is 1100. The number of hydrogen-bond donors (Lipinski definition) is 1. The van der Waals surface area contributed by atoms with E-state index in [-0.39, 0.29) is 5.15 Å². The van der Waals surface area contributed by atoms with Crippen LogP contribution in [-0.4, -0.2) is 26.5 Å². The molecule has 140 valence electrons. The second-order valence-electron chi connectivity index (χ2n) is 6.37. The van der Waals surface area contributed by atoms with E-state index in [2.05, 4.69) is 25.3 Å². The van der Waals surface area contributed by atoms with Crippen LogP contribution in [0.2, 0.25) is 5.15 Å². The summed E-state index contributed by atoms with van der Waals surface area (Å²) in [5.74, 6) is 1.19. The Labute approximate surface area is 165 Å². The lowest BCUT2D eigenvalue weighted by molar-refractivity contribution is 0.576. The van der Waals surface area contributed by atoms with Gasteiger partial charge in [0, 0.05) is 17.7 Å². The molecule has 1 aliphatic rings. The van der Waals surface area contributed by atoms with Gasteiger partial charge in [0.1, 0.15) is 35.0 Å². The van der Waals surface area contributed by atoms with Crippen LogP contribution in [0.4, 0.5) is 21.8 Å². The highest BCUT2D eigenvalue weighted by Gasteiger charge is 2.22. The maximum atomic E-state index is 13.7. The largest absolute Gasteiger partial charge is 0.350 e. The summed E-state index contributed by atoms with van der Waals surface area (Å²) in [4.78, 5) is 18.9. The fourth-order valence-corrected chi connectivity index (χ4v) is 3.23. The third kappa shape index (κ3) is 3.44. The smallest absolute Gasteiger partial charge is 0.217 e. The number of pyridine rings is 2. The van der Waals surface area contributed by atoms with Gasteiger partial charge in [-0.15, -0.1) is 0 Å². The summed E-state index contributed by atoms with van der Waals surface area (Å²) in [6.45, 7) is 2.87. The first-order valence-corrected chi connectivity index (χ1v) is 8.97. The maximum Gasteiger partial charge on any atom is 0.217 e. The minimum Gasteiger partial charge on any atom is -0.350 e. The zero-order valence-electron chi connectivity index (χ0n) is 14.9. The molecule has 0 saturated carbocycles. The first-order chi connectivity index (χ1) is 13.5. The van der Waals surface area contributed by atoms with E-state index in [1.54, 1.807) is 31.2 Å². The van der Waals surface area contributed by atoms with E-state index in [0.717, 1.165) is 11.3 Å². The molecule has 3 aromatic heterocycles. The number of nitrogens with one attached hydrogen (secondary N) is 1. The van der Waals surface area contributed by atoms with Gasteiger partial charge >= 0.3 is 0 Å². The van der Waals surface area contributed by atoms with Crippen LogP contribution in [0.25, 0.3) is 0 Å². The molecular weight excluding hydrogens is 381 g/mol. The molecule has 7 nitrogen and oxygen atoms in total. The van der Waals surface area contributed by atoms with Crippen molar-refractivity contribution >= 4 is 29.1 Å². The number of rotatable bonds is 3. The van der Waals surface area contributed by atoms with Crippen molar-refractivity contribution < 1.29 is 4.39 Å². The molecule has 0 bridgehead atoms. The van der Waals surface area contributed by atoms with Crippen molar-refractivity contribution in [2.24, 2.45) is 0 Å². The van der Waals surface area contributed by atoms with Gasteiger partial charge in [0.05, 0.1) is 17.8 Å². The SMILES string of the molecule is Cc1ccc(Nc2ncnc3c2CCN(c2ccc(C#N)c(Cl)n2)C3)nc1F. The molecule has 1 aliphatic heterocycles. The van der Waals surface area contributed by atoms with Gasteiger partial charge in [-0.2, -0.15) is 9.65 Å². The Balaban J connectivity index is 1.58. The molecule has 4 rings (SSSR count). The molecule has 3 aromatic rings. The second-order valence-corrected chi connectivity index (χ2v) is 6.73. The summed E-state index contributed by atoms with van der Waals surface area (Å²) in [5.41, 5.74) is 2.63. The van der Waals surface area contributed by atoms with Crippen LogP contribution >= 0.6 is 11.6 Å². The molecule has 0 saturated heterocycles. The number of nitriles is 1. The van der Waals surface area contributed by atoms with Crippen LogP contribution in [0.3, 0.4) is 0 Å². The van der Waals surface area contributed by atoms with Crippen molar-refractivity contribution in [1.29, 1.82) is 5.26 Å². The average Bonchev–Trinajstić information content (AvgIpc) is 2.70. The lowest BCUT2D eigenvalue weighted by atomic mass is 10.1.